The molecule has 0 saturated carbocycles. The summed E-state index contributed by atoms with van der Waals surface area (Å²) >= 11 is 15.4. The molecule has 0 aliphatic rings. The second kappa shape index (κ2) is 5.08. The fourth-order valence-corrected chi connectivity index (χ4v) is 2.41. The van der Waals surface area contributed by atoms with Gasteiger partial charge in [0.25, 0.3) is 5.88 Å². The molecule has 0 aliphatic heterocycles. The number of aromatic nitrogens is 4. The summed E-state index contributed by atoms with van der Waals surface area (Å²) in [6.07, 6.45) is 1.47. The maximum Gasteiger partial charge on any atom is 0.250 e. The highest BCUT2D eigenvalue weighted by atomic mass is 79.9. The Kier molecular flexibility index (Phi) is 3.41. The number of fused-ring (bicyclic) bond motifs is 1. The SMILES string of the molecule is Nc1nc(Oc2cc(Cl)c(Br)cc2Cl)c2[nH]cnc2n1. The van der Waals surface area contributed by atoms with Gasteiger partial charge in [-0.15, -0.1) is 0 Å². The number of ether oxygens (including phenoxy) is 1. The molecular formula is C11H6BrCl2N5O. The van der Waals surface area contributed by atoms with Crippen LogP contribution in [0.1, 0.15) is 0 Å². The van der Waals surface area contributed by atoms with Crippen molar-refractivity contribution >= 4 is 56.2 Å². The fourth-order valence-electron chi connectivity index (χ4n) is 1.58. The number of rotatable bonds is 2. The summed E-state index contributed by atoms with van der Waals surface area (Å²) in [5.41, 5.74) is 6.54. The van der Waals surface area contributed by atoms with Gasteiger partial charge in [-0.1, -0.05) is 23.2 Å². The third-order valence-corrected chi connectivity index (χ3v) is 3.94. The zero-order valence-electron chi connectivity index (χ0n) is 9.69. The van der Waals surface area contributed by atoms with E-state index in [1.807, 2.05) is 0 Å². The summed E-state index contributed by atoms with van der Waals surface area (Å²) in [5.74, 6) is 0.637. The van der Waals surface area contributed by atoms with Crippen LogP contribution in [0.4, 0.5) is 5.95 Å². The van der Waals surface area contributed by atoms with Gasteiger partial charge in [0.05, 0.1) is 16.4 Å². The highest BCUT2D eigenvalue weighted by Crippen LogP contribution is 2.37. The lowest BCUT2D eigenvalue weighted by molar-refractivity contribution is 0.468. The Balaban J connectivity index is 2.09. The summed E-state index contributed by atoms with van der Waals surface area (Å²) in [6, 6.07) is 3.21. The van der Waals surface area contributed by atoms with Crippen LogP contribution in [-0.2, 0) is 0 Å². The molecule has 9 heteroatoms. The second-order valence-electron chi connectivity index (χ2n) is 3.79. The van der Waals surface area contributed by atoms with Crippen molar-refractivity contribution in [3.8, 4) is 11.6 Å². The molecule has 0 spiro atoms. The first-order valence-corrected chi connectivity index (χ1v) is 6.88. The van der Waals surface area contributed by atoms with Gasteiger partial charge in [-0.2, -0.15) is 9.97 Å². The number of halogens is 3. The van der Waals surface area contributed by atoms with E-state index in [1.165, 1.54) is 6.33 Å². The molecule has 2 heterocycles. The van der Waals surface area contributed by atoms with Crippen molar-refractivity contribution in [2.24, 2.45) is 0 Å². The molecule has 20 heavy (non-hydrogen) atoms. The summed E-state index contributed by atoms with van der Waals surface area (Å²) in [7, 11) is 0. The van der Waals surface area contributed by atoms with Crippen molar-refractivity contribution in [1.29, 1.82) is 0 Å². The van der Waals surface area contributed by atoms with E-state index in [1.54, 1.807) is 12.1 Å². The number of anilines is 1. The summed E-state index contributed by atoms with van der Waals surface area (Å²) in [5, 5.41) is 0.846. The number of imidazole rings is 1. The van der Waals surface area contributed by atoms with Crippen LogP contribution in [0.2, 0.25) is 10.0 Å². The Morgan fingerprint density at radius 1 is 1.20 bits per heavy atom. The van der Waals surface area contributed by atoms with E-state index >= 15 is 0 Å². The third-order valence-electron chi connectivity index (χ3n) is 2.45. The minimum absolute atomic E-state index is 0.0546. The topological polar surface area (TPSA) is 89.7 Å². The van der Waals surface area contributed by atoms with Crippen molar-refractivity contribution in [2.45, 2.75) is 0 Å². The predicted molar refractivity (Wildman–Crippen MR) is 80.3 cm³/mol. The van der Waals surface area contributed by atoms with Crippen LogP contribution in [0.5, 0.6) is 11.6 Å². The van der Waals surface area contributed by atoms with Crippen LogP contribution >= 0.6 is 39.1 Å². The number of hydrogen-bond donors (Lipinski definition) is 2. The number of H-pyrrole nitrogens is 1. The van der Waals surface area contributed by atoms with Crippen LogP contribution in [0.15, 0.2) is 22.9 Å². The lowest BCUT2D eigenvalue weighted by Gasteiger charge is -2.09. The molecule has 6 nitrogen and oxygen atoms in total. The lowest BCUT2D eigenvalue weighted by atomic mass is 10.3. The predicted octanol–water partition coefficient (Wildman–Crippen LogP) is 3.80. The molecule has 0 saturated heterocycles. The Morgan fingerprint density at radius 3 is 2.80 bits per heavy atom. The van der Waals surface area contributed by atoms with Crippen molar-refractivity contribution in [3.63, 3.8) is 0 Å². The van der Waals surface area contributed by atoms with E-state index in [2.05, 4.69) is 35.9 Å². The zero-order valence-corrected chi connectivity index (χ0v) is 12.8. The van der Waals surface area contributed by atoms with Gasteiger partial charge in [-0.25, -0.2) is 4.98 Å². The number of nitrogen functional groups attached to an aromatic ring is 1. The quantitative estimate of drug-likeness (QED) is 0.666. The van der Waals surface area contributed by atoms with E-state index in [0.29, 0.717) is 31.4 Å². The smallest absolute Gasteiger partial charge is 0.250 e. The molecule has 0 unspecified atom stereocenters. The van der Waals surface area contributed by atoms with Gasteiger partial charge in [-0.05, 0) is 22.0 Å². The first-order valence-electron chi connectivity index (χ1n) is 5.33. The highest BCUT2D eigenvalue weighted by molar-refractivity contribution is 9.10. The van der Waals surface area contributed by atoms with Crippen LogP contribution < -0.4 is 10.5 Å². The zero-order chi connectivity index (χ0) is 14.3. The van der Waals surface area contributed by atoms with Gasteiger partial charge < -0.3 is 15.5 Å². The molecule has 0 bridgehead atoms. The summed E-state index contributed by atoms with van der Waals surface area (Å²) in [4.78, 5) is 14.9. The van der Waals surface area contributed by atoms with Crippen LogP contribution in [0.25, 0.3) is 11.2 Å². The van der Waals surface area contributed by atoms with E-state index in [4.69, 9.17) is 33.7 Å². The van der Waals surface area contributed by atoms with Gasteiger partial charge in [0.2, 0.25) is 5.95 Å². The maximum atomic E-state index is 6.10. The van der Waals surface area contributed by atoms with Crippen molar-refractivity contribution in [1.82, 2.24) is 19.9 Å². The molecule has 3 rings (SSSR count). The number of nitrogens with one attached hydrogen (secondary N) is 1. The van der Waals surface area contributed by atoms with E-state index in [9.17, 15) is 0 Å². The number of hydrogen-bond acceptors (Lipinski definition) is 5. The molecular weight excluding hydrogens is 369 g/mol. The lowest BCUT2D eigenvalue weighted by Crippen LogP contribution is -1.98. The normalized spacial score (nSPS) is 10.9. The average Bonchev–Trinajstić information content (AvgIpc) is 2.84. The van der Waals surface area contributed by atoms with E-state index in [-0.39, 0.29) is 11.8 Å². The molecule has 0 aliphatic carbocycles. The highest BCUT2D eigenvalue weighted by Gasteiger charge is 2.14. The van der Waals surface area contributed by atoms with Crippen LogP contribution in [-0.4, -0.2) is 19.9 Å². The minimum atomic E-state index is 0.0546. The van der Waals surface area contributed by atoms with E-state index < -0.39 is 0 Å². The summed E-state index contributed by atoms with van der Waals surface area (Å²) < 4.78 is 6.33. The molecule has 1 aromatic carbocycles. The number of benzene rings is 1. The third kappa shape index (κ3) is 2.39. The van der Waals surface area contributed by atoms with Crippen molar-refractivity contribution in [3.05, 3.63) is 33.0 Å². The van der Waals surface area contributed by atoms with Crippen LogP contribution in [0.3, 0.4) is 0 Å². The van der Waals surface area contributed by atoms with Crippen molar-refractivity contribution in [2.75, 3.05) is 5.73 Å². The average molecular weight is 375 g/mol. The number of aromatic amines is 1. The van der Waals surface area contributed by atoms with Crippen molar-refractivity contribution < 1.29 is 4.74 Å². The largest absolute Gasteiger partial charge is 0.435 e. The number of nitrogens with two attached hydrogens (primary N) is 1. The molecule has 0 atom stereocenters. The minimum Gasteiger partial charge on any atom is -0.435 e. The maximum absolute atomic E-state index is 6.10. The number of nitrogens with zero attached hydrogens (tertiary/aromatic N) is 3. The van der Waals surface area contributed by atoms with Gasteiger partial charge in [0.15, 0.2) is 5.65 Å². The van der Waals surface area contributed by atoms with E-state index in [0.717, 1.165) is 0 Å². The first kappa shape index (κ1) is 13.4. The van der Waals surface area contributed by atoms with Gasteiger partial charge >= 0.3 is 0 Å². The molecule has 102 valence electrons. The molecule has 2 aromatic heterocycles. The van der Waals surface area contributed by atoms with Gasteiger partial charge in [0.1, 0.15) is 11.3 Å². The second-order valence-corrected chi connectivity index (χ2v) is 5.46. The molecule has 3 aromatic rings. The van der Waals surface area contributed by atoms with Gasteiger partial charge in [0, 0.05) is 10.5 Å². The molecule has 0 fully saturated rings. The first-order chi connectivity index (χ1) is 9.54. The Bertz CT molecular complexity index is 807. The Hall–Kier alpha value is -1.57. The fraction of sp³-hybridized carbons (Fsp3) is 0. The van der Waals surface area contributed by atoms with Crippen LogP contribution in [0, 0.1) is 0 Å². The standard InChI is InChI=1S/C11H6BrCl2N5O/c12-4-1-6(14)7(2-5(4)13)20-10-8-9(17-3-16-8)18-11(15)19-10/h1-3H,(H3,15,16,17,18,19). The Morgan fingerprint density at radius 2 is 2.00 bits per heavy atom. The molecule has 0 amide bonds. The summed E-state index contributed by atoms with van der Waals surface area (Å²) in [6.45, 7) is 0. The molecule has 3 N–H and O–H groups in total. The molecule has 0 radical (unpaired) electrons. The Labute approximate surface area is 131 Å². The van der Waals surface area contributed by atoms with Gasteiger partial charge in [-0.3, -0.25) is 0 Å². The monoisotopic (exact) mass is 373 g/mol.